The predicted molar refractivity (Wildman–Crippen MR) is 82.6 cm³/mol. The molecule has 0 radical (unpaired) electrons. The molecule has 0 bridgehead atoms. The molecule has 2 rings (SSSR count). The Hall–Kier alpha value is -2.71. The highest BCUT2D eigenvalue weighted by Crippen LogP contribution is 2.19. The summed E-state index contributed by atoms with van der Waals surface area (Å²) in [7, 11) is 3.55. The molecule has 2 heterocycles. The van der Waals surface area contributed by atoms with Gasteiger partial charge in [0.25, 0.3) is 0 Å². The van der Waals surface area contributed by atoms with Crippen molar-refractivity contribution in [3.63, 3.8) is 0 Å². The molecule has 23 heavy (non-hydrogen) atoms. The average Bonchev–Trinajstić information content (AvgIpc) is 3.11. The highest BCUT2D eigenvalue weighted by molar-refractivity contribution is 5.80. The van der Waals surface area contributed by atoms with E-state index in [1.54, 1.807) is 22.8 Å². The summed E-state index contributed by atoms with van der Waals surface area (Å²) in [5.41, 5.74) is 1.83. The summed E-state index contributed by atoms with van der Waals surface area (Å²) in [6, 6.07) is -0.564. The molecule has 2 aromatic heterocycles. The predicted octanol–water partition coefficient (Wildman–Crippen LogP) is 1.44. The van der Waals surface area contributed by atoms with Crippen LogP contribution >= 0.6 is 0 Å². The summed E-state index contributed by atoms with van der Waals surface area (Å²) < 4.78 is 3.11. The zero-order chi connectivity index (χ0) is 17.1. The number of nitrogens with zero attached hydrogens (tertiary/aromatic N) is 6. The van der Waals surface area contributed by atoms with Crippen molar-refractivity contribution in [1.29, 1.82) is 0 Å². The van der Waals surface area contributed by atoms with Crippen LogP contribution in [0.15, 0.2) is 18.6 Å². The van der Waals surface area contributed by atoms with Gasteiger partial charge in [0.2, 0.25) is 5.91 Å². The van der Waals surface area contributed by atoms with Gasteiger partial charge in [-0.1, -0.05) is 6.92 Å². The molecule has 1 unspecified atom stereocenters. The molecular weight excluding hydrogens is 300 g/mol. The summed E-state index contributed by atoms with van der Waals surface area (Å²) in [6.45, 7) is 4.21. The standard InChI is InChI=1S/C14H20N6O3/c1-5-13(19-9-12(7-16-19)20(22)23)14(21)17(3)8-11-6-15-18(4)10(11)2/h6-7,9,13H,5,8H2,1-4H3. The molecule has 9 nitrogen and oxygen atoms in total. The van der Waals surface area contributed by atoms with Gasteiger partial charge in [0.05, 0.1) is 11.1 Å². The Balaban J connectivity index is 2.15. The van der Waals surface area contributed by atoms with Crippen molar-refractivity contribution < 1.29 is 9.72 Å². The lowest BCUT2D eigenvalue weighted by Gasteiger charge is -2.23. The Morgan fingerprint density at radius 1 is 1.43 bits per heavy atom. The van der Waals surface area contributed by atoms with Crippen LogP contribution in [0.1, 0.15) is 30.6 Å². The van der Waals surface area contributed by atoms with Crippen LogP contribution in [0.5, 0.6) is 0 Å². The zero-order valence-electron chi connectivity index (χ0n) is 13.6. The van der Waals surface area contributed by atoms with Crippen molar-refractivity contribution in [3.8, 4) is 0 Å². The van der Waals surface area contributed by atoms with Gasteiger partial charge in [0.1, 0.15) is 18.4 Å². The first kappa shape index (κ1) is 16.7. The molecule has 0 aromatic carbocycles. The van der Waals surface area contributed by atoms with Crippen LogP contribution in [0.2, 0.25) is 0 Å². The molecule has 0 spiro atoms. The van der Waals surface area contributed by atoms with Gasteiger partial charge in [0, 0.05) is 31.9 Å². The number of carbonyl (C=O) groups excluding carboxylic acids is 1. The molecule has 0 N–H and O–H groups in total. The molecule has 0 aliphatic heterocycles. The molecule has 0 saturated carbocycles. The molecule has 0 saturated heterocycles. The van der Waals surface area contributed by atoms with Gasteiger partial charge >= 0.3 is 5.69 Å². The number of hydrogen-bond donors (Lipinski definition) is 0. The SMILES string of the molecule is CCC(C(=O)N(C)Cc1cnn(C)c1C)n1cc([N+](=O)[O-])cn1. The van der Waals surface area contributed by atoms with Crippen molar-refractivity contribution in [2.75, 3.05) is 7.05 Å². The minimum absolute atomic E-state index is 0.123. The second-order valence-corrected chi connectivity index (χ2v) is 5.43. The van der Waals surface area contributed by atoms with Gasteiger partial charge < -0.3 is 4.90 Å². The number of nitro groups is 1. The first-order valence-corrected chi connectivity index (χ1v) is 7.26. The number of likely N-dealkylation sites (N-methyl/N-ethyl adjacent to an activating group) is 1. The molecule has 0 fully saturated rings. The fraction of sp³-hybridized carbons (Fsp3) is 0.500. The Labute approximate surface area is 133 Å². The minimum atomic E-state index is -0.564. The molecular formula is C14H20N6O3. The van der Waals surface area contributed by atoms with Crippen LogP contribution < -0.4 is 0 Å². The third-order valence-corrected chi connectivity index (χ3v) is 3.91. The van der Waals surface area contributed by atoms with Crippen LogP contribution in [-0.2, 0) is 18.4 Å². The van der Waals surface area contributed by atoms with Crippen LogP contribution in [0.25, 0.3) is 0 Å². The first-order valence-electron chi connectivity index (χ1n) is 7.26. The summed E-state index contributed by atoms with van der Waals surface area (Å²) >= 11 is 0. The van der Waals surface area contributed by atoms with E-state index in [2.05, 4.69) is 10.2 Å². The van der Waals surface area contributed by atoms with E-state index in [1.807, 2.05) is 20.9 Å². The Morgan fingerprint density at radius 2 is 2.13 bits per heavy atom. The van der Waals surface area contributed by atoms with Crippen LogP contribution in [0, 0.1) is 17.0 Å². The maximum absolute atomic E-state index is 12.6. The zero-order valence-corrected chi connectivity index (χ0v) is 13.6. The Kier molecular flexibility index (Phi) is 4.77. The molecule has 0 aliphatic carbocycles. The highest BCUT2D eigenvalue weighted by Gasteiger charge is 2.25. The number of rotatable bonds is 6. The second kappa shape index (κ2) is 6.59. The molecule has 124 valence electrons. The third kappa shape index (κ3) is 3.38. The van der Waals surface area contributed by atoms with Crippen LogP contribution in [0.4, 0.5) is 5.69 Å². The lowest BCUT2D eigenvalue weighted by atomic mass is 10.2. The molecule has 2 aromatic rings. The van der Waals surface area contributed by atoms with E-state index in [4.69, 9.17) is 0 Å². The van der Waals surface area contributed by atoms with E-state index in [-0.39, 0.29) is 11.6 Å². The highest BCUT2D eigenvalue weighted by atomic mass is 16.6. The van der Waals surface area contributed by atoms with Crippen molar-refractivity contribution in [2.24, 2.45) is 7.05 Å². The van der Waals surface area contributed by atoms with E-state index in [0.717, 1.165) is 17.5 Å². The van der Waals surface area contributed by atoms with Gasteiger partial charge in [-0.3, -0.25) is 24.3 Å². The van der Waals surface area contributed by atoms with Crippen molar-refractivity contribution in [2.45, 2.75) is 32.9 Å². The normalized spacial score (nSPS) is 12.2. The fourth-order valence-corrected chi connectivity index (χ4v) is 2.35. The maximum Gasteiger partial charge on any atom is 0.307 e. The number of aryl methyl sites for hydroxylation is 1. The fourth-order valence-electron chi connectivity index (χ4n) is 2.35. The summed E-state index contributed by atoms with van der Waals surface area (Å²) in [4.78, 5) is 24.5. The first-order chi connectivity index (χ1) is 10.8. The van der Waals surface area contributed by atoms with E-state index in [1.165, 1.54) is 10.9 Å². The van der Waals surface area contributed by atoms with Gasteiger partial charge in [-0.05, 0) is 13.3 Å². The lowest BCUT2D eigenvalue weighted by molar-refractivity contribution is -0.385. The number of carbonyl (C=O) groups is 1. The Bertz CT molecular complexity index is 720. The monoisotopic (exact) mass is 320 g/mol. The molecule has 9 heteroatoms. The van der Waals surface area contributed by atoms with Gasteiger partial charge in [0.15, 0.2) is 0 Å². The average molecular weight is 320 g/mol. The maximum atomic E-state index is 12.6. The summed E-state index contributed by atoms with van der Waals surface area (Å²) in [5.74, 6) is -0.145. The smallest absolute Gasteiger partial charge is 0.307 e. The van der Waals surface area contributed by atoms with Gasteiger partial charge in [-0.15, -0.1) is 0 Å². The van der Waals surface area contributed by atoms with Crippen LogP contribution in [-0.4, -0.2) is 42.3 Å². The third-order valence-electron chi connectivity index (χ3n) is 3.91. The Morgan fingerprint density at radius 3 is 2.61 bits per heavy atom. The lowest BCUT2D eigenvalue weighted by Crippen LogP contribution is -2.34. The van der Waals surface area contributed by atoms with E-state index < -0.39 is 11.0 Å². The van der Waals surface area contributed by atoms with E-state index >= 15 is 0 Å². The number of amides is 1. The minimum Gasteiger partial charge on any atom is -0.339 e. The number of hydrogen-bond acceptors (Lipinski definition) is 5. The second-order valence-electron chi connectivity index (χ2n) is 5.43. The van der Waals surface area contributed by atoms with Crippen molar-refractivity contribution >= 4 is 11.6 Å². The molecule has 0 aliphatic rings. The van der Waals surface area contributed by atoms with Crippen molar-refractivity contribution in [1.82, 2.24) is 24.5 Å². The van der Waals surface area contributed by atoms with E-state index in [9.17, 15) is 14.9 Å². The van der Waals surface area contributed by atoms with Gasteiger partial charge in [-0.25, -0.2) is 0 Å². The summed E-state index contributed by atoms with van der Waals surface area (Å²) in [6.07, 6.45) is 4.67. The van der Waals surface area contributed by atoms with Crippen LogP contribution in [0.3, 0.4) is 0 Å². The van der Waals surface area contributed by atoms with Crippen molar-refractivity contribution in [3.05, 3.63) is 40.0 Å². The number of aromatic nitrogens is 4. The molecule has 1 atom stereocenters. The van der Waals surface area contributed by atoms with Gasteiger partial charge in [-0.2, -0.15) is 10.2 Å². The summed E-state index contributed by atoms with van der Waals surface area (Å²) in [5, 5.41) is 18.9. The largest absolute Gasteiger partial charge is 0.339 e. The quantitative estimate of drug-likeness (QED) is 0.592. The molecule has 1 amide bonds. The topological polar surface area (TPSA) is 99.1 Å². The van der Waals surface area contributed by atoms with E-state index in [0.29, 0.717) is 13.0 Å².